The predicted molar refractivity (Wildman–Crippen MR) is 68.5 cm³/mol. The second-order valence-electron chi connectivity index (χ2n) is 3.88. The van der Waals surface area contributed by atoms with E-state index in [1.54, 1.807) is 29.3 Å². The van der Waals surface area contributed by atoms with Gasteiger partial charge in [0.2, 0.25) is 0 Å². The summed E-state index contributed by atoms with van der Waals surface area (Å²) in [6.07, 6.45) is 3.29. The first kappa shape index (κ1) is 10.5. The molecule has 0 spiro atoms. The van der Waals surface area contributed by atoms with Crippen molar-refractivity contribution in [3.05, 3.63) is 60.9 Å². The van der Waals surface area contributed by atoms with E-state index in [-0.39, 0.29) is 5.75 Å². The number of hydrogen-bond acceptors (Lipinski definition) is 3. The summed E-state index contributed by atoms with van der Waals surface area (Å²) in [7, 11) is 0. The van der Waals surface area contributed by atoms with Crippen LogP contribution in [-0.2, 0) is 0 Å². The lowest BCUT2D eigenvalue weighted by Gasteiger charge is -2.08. The van der Waals surface area contributed by atoms with E-state index in [2.05, 4.69) is 10.2 Å². The highest BCUT2D eigenvalue weighted by Crippen LogP contribution is 2.26. The lowest BCUT2D eigenvalue weighted by Crippen LogP contribution is -2.00. The van der Waals surface area contributed by atoms with Gasteiger partial charge in [0.1, 0.15) is 5.75 Å². The molecule has 0 atom stereocenters. The zero-order valence-corrected chi connectivity index (χ0v) is 9.56. The SMILES string of the molecule is Oc1ccc(-c2ccccc2-n2nccn2)cc1. The molecule has 0 bridgehead atoms. The third-order valence-corrected chi connectivity index (χ3v) is 2.72. The normalized spacial score (nSPS) is 10.4. The molecular weight excluding hydrogens is 226 g/mol. The summed E-state index contributed by atoms with van der Waals surface area (Å²) >= 11 is 0. The molecule has 1 heterocycles. The standard InChI is InChI=1S/C14H11N3O/c18-12-7-5-11(6-8-12)13-3-1-2-4-14(13)17-15-9-10-16-17/h1-10,18H. The number of hydrogen-bond donors (Lipinski definition) is 1. The van der Waals surface area contributed by atoms with Crippen LogP contribution in [0.2, 0.25) is 0 Å². The quantitative estimate of drug-likeness (QED) is 0.745. The largest absolute Gasteiger partial charge is 0.508 e. The molecule has 2 aromatic carbocycles. The van der Waals surface area contributed by atoms with Crippen LogP contribution in [0.1, 0.15) is 0 Å². The lowest BCUT2D eigenvalue weighted by molar-refractivity contribution is 0.475. The Hall–Kier alpha value is -2.62. The van der Waals surface area contributed by atoms with Crippen molar-refractivity contribution in [1.82, 2.24) is 15.0 Å². The molecule has 0 radical (unpaired) electrons. The number of aromatic hydroxyl groups is 1. The van der Waals surface area contributed by atoms with Gasteiger partial charge in [-0.05, 0) is 23.8 Å². The highest BCUT2D eigenvalue weighted by atomic mass is 16.3. The molecule has 0 saturated heterocycles. The zero-order chi connectivity index (χ0) is 12.4. The summed E-state index contributed by atoms with van der Waals surface area (Å²) in [5.74, 6) is 0.258. The molecule has 4 heteroatoms. The molecule has 1 aromatic heterocycles. The maximum absolute atomic E-state index is 9.33. The Morgan fingerprint density at radius 3 is 2.22 bits per heavy atom. The van der Waals surface area contributed by atoms with E-state index >= 15 is 0 Å². The van der Waals surface area contributed by atoms with Gasteiger partial charge in [0.15, 0.2) is 0 Å². The predicted octanol–water partition coefficient (Wildman–Crippen LogP) is 2.64. The van der Waals surface area contributed by atoms with Crippen molar-refractivity contribution >= 4 is 0 Å². The zero-order valence-electron chi connectivity index (χ0n) is 9.56. The highest BCUT2D eigenvalue weighted by Gasteiger charge is 2.07. The van der Waals surface area contributed by atoms with Crippen LogP contribution < -0.4 is 0 Å². The lowest BCUT2D eigenvalue weighted by atomic mass is 10.0. The number of rotatable bonds is 2. The van der Waals surface area contributed by atoms with Crippen molar-refractivity contribution in [2.24, 2.45) is 0 Å². The second kappa shape index (κ2) is 4.33. The summed E-state index contributed by atoms with van der Waals surface area (Å²) in [6, 6.07) is 15.0. The Labute approximate surface area is 104 Å². The van der Waals surface area contributed by atoms with Gasteiger partial charge in [-0.15, -0.1) is 0 Å². The van der Waals surface area contributed by atoms with Gasteiger partial charge in [0, 0.05) is 5.56 Å². The Kier molecular flexibility index (Phi) is 2.53. The van der Waals surface area contributed by atoms with Crippen LogP contribution in [0.3, 0.4) is 0 Å². The molecule has 0 fully saturated rings. The first-order chi connectivity index (χ1) is 8.84. The highest BCUT2D eigenvalue weighted by molar-refractivity contribution is 5.72. The Balaban J connectivity index is 2.15. The minimum Gasteiger partial charge on any atom is -0.508 e. The Morgan fingerprint density at radius 2 is 1.50 bits per heavy atom. The number of aromatic nitrogens is 3. The molecule has 4 nitrogen and oxygen atoms in total. The van der Waals surface area contributed by atoms with Gasteiger partial charge >= 0.3 is 0 Å². The van der Waals surface area contributed by atoms with Gasteiger partial charge in [-0.1, -0.05) is 30.3 Å². The Bertz CT molecular complexity index is 645. The van der Waals surface area contributed by atoms with Crippen molar-refractivity contribution in [1.29, 1.82) is 0 Å². The topological polar surface area (TPSA) is 50.9 Å². The van der Waals surface area contributed by atoms with Crippen LogP contribution in [0.5, 0.6) is 5.75 Å². The monoisotopic (exact) mass is 237 g/mol. The number of phenolic OH excluding ortho intramolecular Hbond substituents is 1. The molecule has 3 rings (SSSR count). The van der Waals surface area contributed by atoms with E-state index in [4.69, 9.17) is 0 Å². The molecule has 0 saturated carbocycles. The van der Waals surface area contributed by atoms with E-state index < -0.39 is 0 Å². The summed E-state index contributed by atoms with van der Waals surface area (Å²) in [6.45, 7) is 0. The molecule has 0 aliphatic heterocycles. The molecule has 1 N–H and O–H groups in total. The molecular formula is C14H11N3O. The molecule has 3 aromatic rings. The first-order valence-corrected chi connectivity index (χ1v) is 5.60. The van der Waals surface area contributed by atoms with Crippen molar-refractivity contribution < 1.29 is 5.11 Å². The minimum atomic E-state index is 0.258. The minimum absolute atomic E-state index is 0.258. The third-order valence-electron chi connectivity index (χ3n) is 2.72. The van der Waals surface area contributed by atoms with Gasteiger partial charge < -0.3 is 5.11 Å². The number of para-hydroxylation sites is 1. The molecule has 0 amide bonds. The number of nitrogens with zero attached hydrogens (tertiary/aromatic N) is 3. The van der Waals surface area contributed by atoms with E-state index in [1.807, 2.05) is 36.4 Å². The average Bonchev–Trinajstić information content (AvgIpc) is 2.93. The molecule has 18 heavy (non-hydrogen) atoms. The van der Waals surface area contributed by atoms with Crippen LogP contribution in [0.25, 0.3) is 16.8 Å². The summed E-state index contributed by atoms with van der Waals surface area (Å²) < 4.78 is 0. The summed E-state index contributed by atoms with van der Waals surface area (Å²) in [5, 5.41) is 17.6. The fraction of sp³-hybridized carbons (Fsp3) is 0. The van der Waals surface area contributed by atoms with Crippen LogP contribution in [0, 0.1) is 0 Å². The second-order valence-corrected chi connectivity index (χ2v) is 3.88. The summed E-state index contributed by atoms with van der Waals surface area (Å²) in [4.78, 5) is 1.59. The van der Waals surface area contributed by atoms with Crippen molar-refractivity contribution in [3.8, 4) is 22.6 Å². The van der Waals surface area contributed by atoms with E-state index in [9.17, 15) is 5.11 Å². The van der Waals surface area contributed by atoms with E-state index in [1.165, 1.54) is 0 Å². The van der Waals surface area contributed by atoms with Gasteiger partial charge in [0.25, 0.3) is 0 Å². The van der Waals surface area contributed by atoms with Crippen molar-refractivity contribution in [2.75, 3.05) is 0 Å². The molecule has 88 valence electrons. The van der Waals surface area contributed by atoms with E-state index in [0.717, 1.165) is 16.8 Å². The molecule has 0 unspecified atom stereocenters. The average molecular weight is 237 g/mol. The van der Waals surface area contributed by atoms with Gasteiger partial charge in [-0.2, -0.15) is 15.0 Å². The van der Waals surface area contributed by atoms with Crippen molar-refractivity contribution in [3.63, 3.8) is 0 Å². The third kappa shape index (κ3) is 1.84. The fourth-order valence-corrected chi connectivity index (χ4v) is 1.87. The van der Waals surface area contributed by atoms with Crippen LogP contribution >= 0.6 is 0 Å². The fourth-order valence-electron chi connectivity index (χ4n) is 1.87. The maximum Gasteiger partial charge on any atom is 0.115 e. The van der Waals surface area contributed by atoms with Gasteiger partial charge in [0.05, 0.1) is 18.1 Å². The van der Waals surface area contributed by atoms with Crippen molar-refractivity contribution in [2.45, 2.75) is 0 Å². The van der Waals surface area contributed by atoms with E-state index in [0.29, 0.717) is 0 Å². The van der Waals surface area contributed by atoms with Crippen LogP contribution in [-0.4, -0.2) is 20.1 Å². The Morgan fingerprint density at radius 1 is 0.833 bits per heavy atom. The number of phenols is 1. The molecule has 0 aliphatic rings. The summed E-state index contributed by atoms with van der Waals surface area (Å²) in [5.41, 5.74) is 2.95. The number of benzene rings is 2. The molecule has 0 aliphatic carbocycles. The maximum atomic E-state index is 9.33. The first-order valence-electron chi connectivity index (χ1n) is 5.60. The van der Waals surface area contributed by atoms with Gasteiger partial charge in [-0.25, -0.2) is 0 Å². The van der Waals surface area contributed by atoms with Crippen LogP contribution in [0.4, 0.5) is 0 Å². The van der Waals surface area contributed by atoms with Gasteiger partial charge in [-0.3, -0.25) is 0 Å². The smallest absolute Gasteiger partial charge is 0.115 e. The van der Waals surface area contributed by atoms with Crippen LogP contribution in [0.15, 0.2) is 60.9 Å².